The molecule has 0 atom stereocenters. The number of amides is 1. The first-order valence-corrected chi connectivity index (χ1v) is 9.30. The zero-order chi connectivity index (χ0) is 15.7. The molecule has 1 N–H and O–H groups in total. The fraction of sp³-hybridized carbons (Fsp3) is 0.0625. The van der Waals surface area contributed by atoms with Crippen LogP contribution in [0.4, 0.5) is 5.00 Å². The minimum atomic E-state index is -3.36. The topological polar surface area (TPSA) is 63.2 Å². The number of benzene rings is 2. The van der Waals surface area contributed by atoms with E-state index in [0.29, 0.717) is 10.6 Å². The molecule has 1 aromatic heterocycles. The predicted octanol–water partition coefficient (Wildman–Crippen LogP) is 3.56. The second-order valence-corrected chi connectivity index (χ2v) is 7.77. The Kier molecular flexibility index (Phi) is 3.72. The maximum absolute atomic E-state index is 12.5. The van der Waals surface area contributed by atoms with Crippen LogP contribution in [0, 0.1) is 0 Å². The van der Waals surface area contributed by atoms with E-state index in [0.717, 1.165) is 17.0 Å². The number of hydrogen-bond acceptors (Lipinski definition) is 4. The van der Waals surface area contributed by atoms with Gasteiger partial charge in [0.05, 0.1) is 0 Å². The third kappa shape index (κ3) is 2.75. The fourth-order valence-electron chi connectivity index (χ4n) is 2.27. The first-order valence-electron chi connectivity index (χ1n) is 6.53. The van der Waals surface area contributed by atoms with Gasteiger partial charge in [-0.15, -0.1) is 11.3 Å². The van der Waals surface area contributed by atoms with Gasteiger partial charge < -0.3 is 5.32 Å². The molecule has 0 spiro atoms. The smallest absolute Gasteiger partial charge is 0.256 e. The molecule has 0 saturated heterocycles. The van der Waals surface area contributed by atoms with Gasteiger partial charge in [0.25, 0.3) is 5.91 Å². The van der Waals surface area contributed by atoms with E-state index in [-0.39, 0.29) is 10.8 Å². The highest BCUT2D eigenvalue weighted by atomic mass is 32.2. The number of sulfone groups is 1. The molecule has 1 heterocycles. The Hall–Kier alpha value is -2.18. The molecule has 2 aromatic carbocycles. The standard InChI is InChI=1S/C16H13NO3S2/c1-22(19,20)14-9-10-21-16(14)17-15(18)13-8-4-6-11-5-2-3-7-12(11)13/h2-10H,1H3,(H,17,18). The maximum Gasteiger partial charge on any atom is 0.256 e. The zero-order valence-corrected chi connectivity index (χ0v) is 13.4. The highest BCUT2D eigenvalue weighted by molar-refractivity contribution is 7.91. The molecule has 0 fully saturated rings. The SMILES string of the molecule is CS(=O)(=O)c1ccsc1NC(=O)c1cccc2ccccc12. The van der Waals surface area contributed by atoms with Crippen molar-refractivity contribution >= 4 is 42.9 Å². The molecule has 0 bridgehead atoms. The molecular formula is C16H13NO3S2. The van der Waals surface area contributed by atoms with Crippen LogP contribution in [-0.2, 0) is 9.84 Å². The Bertz CT molecular complexity index is 953. The van der Waals surface area contributed by atoms with E-state index < -0.39 is 9.84 Å². The van der Waals surface area contributed by atoms with Gasteiger partial charge >= 0.3 is 0 Å². The summed E-state index contributed by atoms with van der Waals surface area (Å²) >= 11 is 1.19. The van der Waals surface area contributed by atoms with Crippen molar-refractivity contribution in [1.29, 1.82) is 0 Å². The molecular weight excluding hydrogens is 318 g/mol. The third-order valence-electron chi connectivity index (χ3n) is 3.29. The Morgan fingerprint density at radius 3 is 2.55 bits per heavy atom. The van der Waals surface area contributed by atoms with Gasteiger partial charge in [-0.25, -0.2) is 8.42 Å². The highest BCUT2D eigenvalue weighted by Gasteiger charge is 2.18. The molecule has 22 heavy (non-hydrogen) atoms. The monoisotopic (exact) mass is 331 g/mol. The van der Waals surface area contributed by atoms with E-state index in [9.17, 15) is 13.2 Å². The summed E-state index contributed by atoms with van der Waals surface area (Å²) in [6, 6.07) is 14.5. The van der Waals surface area contributed by atoms with Gasteiger partial charge in [-0.05, 0) is 28.3 Å². The minimum Gasteiger partial charge on any atom is -0.312 e. The second kappa shape index (κ2) is 5.55. The van der Waals surface area contributed by atoms with Crippen LogP contribution in [0.5, 0.6) is 0 Å². The number of carbonyl (C=O) groups excluding carboxylic acids is 1. The maximum atomic E-state index is 12.5. The molecule has 3 aromatic rings. The Balaban J connectivity index is 2.00. The summed E-state index contributed by atoms with van der Waals surface area (Å²) < 4.78 is 23.4. The Morgan fingerprint density at radius 2 is 1.77 bits per heavy atom. The van der Waals surface area contributed by atoms with Gasteiger partial charge in [0.15, 0.2) is 9.84 Å². The average Bonchev–Trinajstić information content (AvgIpc) is 2.95. The first-order chi connectivity index (χ1) is 10.5. The van der Waals surface area contributed by atoms with Crippen molar-refractivity contribution in [3.63, 3.8) is 0 Å². The van der Waals surface area contributed by atoms with Gasteiger partial charge in [0.2, 0.25) is 0 Å². The molecule has 0 aliphatic heterocycles. The van der Waals surface area contributed by atoms with Crippen molar-refractivity contribution in [2.45, 2.75) is 4.90 Å². The summed E-state index contributed by atoms with van der Waals surface area (Å²) in [4.78, 5) is 12.7. The number of thiophene rings is 1. The number of anilines is 1. The number of rotatable bonds is 3. The lowest BCUT2D eigenvalue weighted by molar-refractivity contribution is 0.102. The van der Waals surface area contributed by atoms with Crippen LogP contribution < -0.4 is 5.32 Å². The number of nitrogens with one attached hydrogen (secondary N) is 1. The molecule has 0 radical (unpaired) electrons. The van der Waals surface area contributed by atoms with Crippen molar-refractivity contribution < 1.29 is 13.2 Å². The molecule has 0 unspecified atom stereocenters. The van der Waals surface area contributed by atoms with Gasteiger partial charge in [0, 0.05) is 11.8 Å². The van der Waals surface area contributed by atoms with Crippen molar-refractivity contribution in [2.24, 2.45) is 0 Å². The quantitative estimate of drug-likeness (QED) is 0.798. The van der Waals surface area contributed by atoms with E-state index in [4.69, 9.17) is 0 Å². The average molecular weight is 331 g/mol. The van der Waals surface area contributed by atoms with Crippen LogP contribution in [0.15, 0.2) is 58.8 Å². The Labute approximate surface area is 132 Å². The summed E-state index contributed by atoms with van der Waals surface area (Å²) in [5, 5.41) is 6.50. The van der Waals surface area contributed by atoms with E-state index in [1.165, 1.54) is 17.4 Å². The number of hydrogen-bond donors (Lipinski definition) is 1. The zero-order valence-electron chi connectivity index (χ0n) is 11.7. The van der Waals surface area contributed by atoms with Gasteiger partial charge in [-0.2, -0.15) is 0 Å². The van der Waals surface area contributed by atoms with Gasteiger partial charge in [0.1, 0.15) is 9.90 Å². The van der Waals surface area contributed by atoms with Crippen LogP contribution in [0.3, 0.4) is 0 Å². The third-order valence-corrected chi connectivity index (χ3v) is 5.39. The predicted molar refractivity (Wildman–Crippen MR) is 89.3 cm³/mol. The molecule has 4 nitrogen and oxygen atoms in total. The highest BCUT2D eigenvalue weighted by Crippen LogP contribution is 2.29. The van der Waals surface area contributed by atoms with Crippen LogP contribution in [0.2, 0.25) is 0 Å². The largest absolute Gasteiger partial charge is 0.312 e. The summed E-state index contributed by atoms with van der Waals surface area (Å²) in [6.45, 7) is 0. The molecule has 0 aliphatic carbocycles. The molecule has 3 rings (SSSR count). The lowest BCUT2D eigenvalue weighted by Gasteiger charge is -2.08. The van der Waals surface area contributed by atoms with Gasteiger partial charge in [-0.1, -0.05) is 36.4 Å². The van der Waals surface area contributed by atoms with Crippen molar-refractivity contribution in [3.8, 4) is 0 Å². The summed E-state index contributed by atoms with van der Waals surface area (Å²) in [5.41, 5.74) is 0.519. The Morgan fingerprint density at radius 1 is 1.05 bits per heavy atom. The summed E-state index contributed by atoms with van der Waals surface area (Å²) in [7, 11) is -3.36. The minimum absolute atomic E-state index is 0.145. The van der Waals surface area contributed by atoms with E-state index in [1.807, 2.05) is 36.4 Å². The molecule has 0 aliphatic rings. The first kappa shape index (κ1) is 14.7. The normalized spacial score (nSPS) is 11.5. The van der Waals surface area contributed by atoms with Crippen LogP contribution in [0.1, 0.15) is 10.4 Å². The van der Waals surface area contributed by atoms with E-state index in [2.05, 4.69) is 5.32 Å². The summed E-state index contributed by atoms with van der Waals surface area (Å²) in [6.07, 6.45) is 1.13. The van der Waals surface area contributed by atoms with E-state index >= 15 is 0 Å². The van der Waals surface area contributed by atoms with Crippen LogP contribution >= 0.6 is 11.3 Å². The fourth-order valence-corrected chi connectivity index (χ4v) is 4.34. The van der Waals surface area contributed by atoms with E-state index in [1.54, 1.807) is 11.4 Å². The van der Waals surface area contributed by atoms with Crippen molar-refractivity contribution in [1.82, 2.24) is 0 Å². The van der Waals surface area contributed by atoms with Gasteiger partial charge in [-0.3, -0.25) is 4.79 Å². The second-order valence-electron chi connectivity index (χ2n) is 4.87. The molecule has 1 amide bonds. The lowest BCUT2D eigenvalue weighted by Crippen LogP contribution is -2.13. The lowest BCUT2D eigenvalue weighted by atomic mass is 10.0. The summed E-state index contributed by atoms with van der Waals surface area (Å²) in [5.74, 6) is -0.316. The van der Waals surface area contributed by atoms with Crippen LogP contribution in [-0.4, -0.2) is 20.6 Å². The van der Waals surface area contributed by atoms with Crippen molar-refractivity contribution in [2.75, 3.05) is 11.6 Å². The number of carbonyl (C=O) groups is 1. The molecule has 112 valence electrons. The molecule has 6 heteroatoms. The van der Waals surface area contributed by atoms with Crippen molar-refractivity contribution in [3.05, 3.63) is 59.5 Å². The number of fused-ring (bicyclic) bond motifs is 1. The molecule has 0 saturated carbocycles. The van der Waals surface area contributed by atoms with Crippen LogP contribution in [0.25, 0.3) is 10.8 Å².